The van der Waals surface area contributed by atoms with Crippen LogP contribution >= 0.6 is 12.4 Å². The quantitative estimate of drug-likeness (QED) is 0.887. The van der Waals surface area contributed by atoms with Gasteiger partial charge in [0.25, 0.3) is 0 Å². The van der Waals surface area contributed by atoms with Crippen LogP contribution in [0.4, 0.5) is 19.0 Å². The molecule has 1 aromatic heterocycles. The predicted octanol–water partition coefficient (Wildman–Crippen LogP) is 3.01. The first kappa shape index (κ1) is 15.8. The molecule has 3 atom stereocenters. The topological polar surface area (TPSA) is 46.2 Å². The van der Waals surface area contributed by atoms with E-state index in [0.29, 0.717) is 12.7 Å². The average Bonchev–Trinajstić information content (AvgIpc) is 2.39. The molecule has 1 aromatic rings. The molecule has 0 amide bonds. The SMILES string of the molecule is Cl.[2H]C([2H])(Nc1ncc(C(F)(F)F)cc1C)[C@H]1NC[C@@H](C)O[C@H]1C. The van der Waals surface area contributed by atoms with Crippen molar-refractivity contribution >= 4 is 18.2 Å². The number of pyridine rings is 1. The second-order valence-electron chi connectivity index (χ2n) is 5.19. The number of hydrogen-bond donors (Lipinski definition) is 2. The summed E-state index contributed by atoms with van der Waals surface area (Å²) < 4.78 is 59.9. The highest BCUT2D eigenvalue weighted by Gasteiger charge is 2.31. The number of rotatable bonds is 3. The number of anilines is 1. The summed E-state index contributed by atoms with van der Waals surface area (Å²) in [5.41, 5.74) is -0.635. The van der Waals surface area contributed by atoms with Gasteiger partial charge in [-0.15, -0.1) is 12.4 Å². The predicted molar refractivity (Wildman–Crippen MR) is 81.5 cm³/mol. The van der Waals surface area contributed by atoms with E-state index in [1.54, 1.807) is 6.92 Å². The first-order valence-corrected chi connectivity index (χ1v) is 6.71. The number of hydrogen-bond acceptors (Lipinski definition) is 4. The number of aromatic nitrogens is 1. The fraction of sp³-hybridized carbons (Fsp3) is 0.643. The lowest BCUT2D eigenvalue weighted by Crippen LogP contribution is -2.53. The van der Waals surface area contributed by atoms with Crippen LogP contribution in [0.15, 0.2) is 12.3 Å². The van der Waals surface area contributed by atoms with Gasteiger partial charge < -0.3 is 15.4 Å². The molecular weight excluding hydrogens is 319 g/mol. The molecule has 126 valence electrons. The molecule has 2 heterocycles. The zero-order valence-corrected chi connectivity index (χ0v) is 13.3. The van der Waals surface area contributed by atoms with Crippen molar-refractivity contribution in [3.63, 3.8) is 0 Å². The van der Waals surface area contributed by atoms with E-state index in [2.05, 4.69) is 15.6 Å². The van der Waals surface area contributed by atoms with E-state index in [-0.39, 0.29) is 29.9 Å². The van der Waals surface area contributed by atoms with Crippen LogP contribution in [0.2, 0.25) is 0 Å². The van der Waals surface area contributed by atoms with Crippen molar-refractivity contribution in [2.45, 2.75) is 45.2 Å². The maximum absolute atomic E-state index is 12.7. The summed E-state index contributed by atoms with van der Waals surface area (Å²) in [4.78, 5) is 3.72. The summed E-state index contributed by atoms with van der Waals surface area (Å²) >= 11 is 0. The molecule has 0 spiro atoms. The lowest BCUT2D eigenvalue weighted by Gasteiger charge is -2.34. The Morgan fingerprint density at radius 3 is 2.73 bits per heavy atom. The molecule has 4 nitrogen and oxygen atoms in total. The third kappa shape index (κ3) is 4.72. The van der Waals surface area contributed by atoms with Gasteiger partial charge in [0.1, 0.15) is 5.82 Å². The first-order valence-electron chi connectivity index (χ1n) is 7.71. The minimum Gasteiger partial charge on any atom is -0.373 e. The van der Waals surface area contributed by atoms with Gasteiger partial charge in [-0.05, 0) is 32.4 Å². The van der Waals surface area contributed by atoms with E-state index in [1.807, 2.05) is 6.92 Å². The summed E-state index contributed by atoms with van der Waals surface area (Å²) in [6.45, 7) is 3.65. The van der Waals surface area contributed by atoms with Gasteiger partial charge in [-0.25, -0.2) is 4.98 Å². The highest BCUT2D eigenvalue weighted by Crippen LogP contribution is 2.30. The van der Waals surface area contributed by atoms with Gasteiger partial charge in [0.2, 0.25) is 0 Å². The van der Waals surface area contributed by atoms with Gasteiger partial charge in [0.05, 0.1) is 26.6 Å². The second-order valence-corrected chi connectivity index (χ2v) is 5.19. The Balaban J connectivity index is 0.00000288. The van der Waals surface area contributed by atoms with Gasteiger partial charge in [0.15, 0.2) is 0 Å². The average molecular weight is 342 g/mol. The minimum atomic E-state index is -4.47. The fourth-order valence-electron chi connectivity index (χ4n) is 2.13. The summed E-state index contributed by atoms with van der Waals surface area (Å²) in [5.74, 6) is 0.0793. The van der Waals surface area contributed by atoms with Crippen LogP contribution in [0.25, 0.3) is 0 Å². The van der Waals surface area contributed by atoms with Crippen LogP contribution in [0.5, 0.6) is 0 Å². The zero-order valence-electron chi connectivity index (χ0n) is 14.5. The molecule has 1 saturated heterocycles. The van der Waals surface area contributed by atoms with E-state index in [9.17, 15) is 13.2 Å². The van der Waals surface area contributed by atoms with Crippen LogP contribution < -0.4 is 10.6 Å². The number of halogens is 4. The van der Waals surface area contributed by atoms with Crippen molar-refractivity contribution in [1.29, 1.82) is 0 Å². The van der Waals surface area contributed by atoms with Crippen LogP contribution in [0.3, 0.4) is 0 Å². The maximum atomic E-state index is 12.7. The number of morpholine rings is 1. The molecule has 0 radical (unpaired) electrons. The molecule has 1 aliphatic rings. The molecule has 8 heteroatoms. The Kier molecular flexibility index (Phi) is 5.38. The summed E-state index contributed by atoms with van der Waals surface area (Å²) in [6.07, 6.45) is -4.19. The molecule has 0 bridgehead atoms. The Bertz CT molecular complexity index is 575. The Labute approximate surface area is 137 Å². The lowest BCUT2D eigenvalue weighted by molar-refractivity contribution is -0.137. The normalized spacial score (nSPS) is 27.5. The highest BCUT2D eigenvalue weighted by molar-refractivity contribution is 5.85. The number of ether oxygens (including phenoxy) is 1. The molecule has 0 aromatic carbocycles. The van der Waals surface area contributed by atoms with Gasteiger partial charge in [-0.2, -0.15) is 13.2 Å². The summed E-state index contributed by atoms with van der Waals surface area (Å²) in [6, 6.07) is 0.295. The number of alkyl halides is 3. The first-order chi connectivity index (χ1) is 10.5. The molecule has 1 fully saturated rings. The molecular formula is C14H21ClF3N3O. The van der Waals surface area contributed by atoms with Crippen molar-refractivity contribution < 1.29 is 20.6 Å². The smallest absolute Gasteiger partial charge is 0.373 e. The van der Waals surface area contributed by atoms with Crippen molar-refractivity contribution in [3.05, 3.63) is 23.4 Å². The number of aryl methyl sites for hydroxylation is 1. The Hall–Kier alpha value is -1.05. The fourth-order valence-corrected chi connectivity index (χ4v) is 2.13. The zero-order chi connectivity index (χ0) is 17.4. The van der Waals surface area contributed by atoms with E-state index >= 15 is 0 Å². The second kappa shape index (κ2) is 7.48. The molecule has 0 unspecified atom stereocenters. The van der Waals surface area contributed by atoms with Crippen LogP contribution in [-0.2, 0) is 10.9 Å². The monoisotopic (exact) mass is 341 g/mol. The van der Waals surface area contributed by atoms with Crippen molar-refractivity contribution in [2.75, 3.05) is 18.4 Å². The molecule has 22 heavy (non-hydrogen) atoms. The largest absolute Gasteiger partial charge is 0.417 e. The molecule has 2 N–H and O–H groups in total. The van der Waals surface area contributed by atoms with E-state index < -0.39 is 30.4 Å². The van der Waals surface area contributed by atoms with Crippen LogP contribution in [0.1, 0.15) is 27.7 Å². The lowest BCUT2D eigenvalue weighted by atomic mass is 10.1. The third-order valence-electron chi connectivity index (χ3n) is 3.29. The number of nitrogens with one attached hydrogen (secondary N) is 2. The summed E-state index contributed by atoms with van der Waals surface area (Å²) in [5, 5.41) is 5.66. The van der Waals surface area contributed by atoms with Gasteiger partial charge in [-0.1, -0.05) is 0 Å². The van der Waals surface area contributed by atoms with E-state index in [4.69, 9.17) is 7.48 Å². The van der Waals surface area contributed by atoms with Crippen LogP contribution in [-0.4, -0.2) is 36.3 Å². The third-order valence-corrected chi connectivity index (χ3v) is 3.29. The standard InChI is InChI=1S/C14H20F3N3O.ClH/c1-8-4-11(14(15,16)17)6-19-13(8)20-7-12-10(3)21-9(2)5-18-12;/h4,6,9-10,12,18H,5,7H2,1-3H3,(H,19,20);1H/t9-,10+,12-;/m1./s1/i7D2;. The van der Waals surface area contributed by atoms with Gasteiger partial charge in [-0.3, -0.25) is 0 Å². The molecule has 2 rings (SSSR count). The van der Waals surface area contributed by atoms with Crippen LogP contribution in [0, 0.1) is 6.92 Å². The minimum absolute atomic E-state index is 0. The van der Waals surface area contributed by atoms with Gasteiger partial charge in [0, 0.05) is 19.2 Å². The summed E-state index contributed by atoms with van der Waals surface area (Å²) in [7, 11) is 0. The Morgan fingerprint density at radius 1 is 1.50 bits per heavy atom. The maximum Gasteiger partial charge on any atom is 0.417 e. The van der Waals surface area contributed by atoms with Crippen molar-refractivity contribution in [2.24, 2.45) is 0 Å². The highest BCUT2D eigenvalue weighted by atomic mass is 35.5. The Morgan fingerprint density at radius 2 is 2.18 bits per heavy atom. The van der Waals surface area contributed by atoms with Crippen molar-refractivity contribution in [1.82, 2.24) is 10.3 Å². The molecule has 0 saturated carbocycles. The van der Waals surface area contributed by atoms with E-state index in [0.717, 1.165) is 6.07 Å². The molecule has 0 aliphatic carbocycles. The van der Waals surface area contributed by atoms with E-state index in [1.165, 1.54) is 6.92 Å². The number of nitrogens with zero attached hydrogens (tertiary/aromatic N) is 1. The van der Waals surface area contributed by atoms with Crippen molar-refractivity contribution in [3.8, 4) is 0 Å². The van der Waals surface area contributed by atoms with Gasteiger partial charge >= 0.3 is 6.18 Å². The molecule has 1 aliphatic heterocycles.